The first kappa shape index (κ1) is 17.3. The Morgan fingerprint density at radius 1 is 1.05 bits per heavy atom. The quantitative estimate of drug-likeness (QED) is 0.818. The average molecular weight is 316 g/mol. The molecule has 124 valence electrons. The monoisotopic (exact) mass is 315 g/mol. The summed E-state index contributed by atoms with van der Waals surface area (Å²) in [6.45, 7) is 8.08. The molecule has 2 saturated carbocycles. The highest BCUT2D eigenvalue weighted by atomic mass is 32.2. The number of sulfone groups is 1. The zero-order chi connectivity index (χ0) is 15.7. The summed E-state index contributed by atoms with van der Waals surface area (Å²) in [5.74, 6) is 2.34. The zero-order valence-electron chi connectivity index (χ0n) is 14.2. The van der Waals surface area contributed by atoms with Crippen molar-refractivity contribution in [1.82, 2.24) is 5.32 Å². The van der Waals surface area contributed by atoms with Crippen molar-refractivity contribution < 1.29 is 8.42 Å². The van der Waals surface area contributed by atoms with Gasteiger partial charge in [-0.1, -0.05) is 20.8 Å². The molecule has 0 spiro atoms. The SMILES string of the molecule is CC(C)(C)C1CCC(CNC2CC2)C(CCS(C)(=O)=O)C1. The maximum atomic E-state index is 11.5. The first-order chi connectivity index (χ1) is 9.65. The van der Waals surface area contributed by atoms with Crippen LogP contribution in [-0.4, -0.2) is 33.0 Å². The summed E-state index contributed by atoms with van der Waals surface area (Å²) < 4.78 is 23.0. The Bertz CT molecular complexity index is 434. The summed E-state index contributed by atoms with van der Waals surface area (Å²) in [6.07, 6.45) is 8.63. The lowest BCUT2D eigenvalue weighted by molar-refractivity contribution is 0.0953. The van der Waals surface area contributed by atoms with Gasteiger partial charge in [-0.25, -0.2) is 8.42 Å². The van der Waals surface area contributed by atoms with Gasteiger partial charge in [0, 0.05) is 12.3 Å². The second-order valence-electron chi connectivity index (χ2n) is 8.50. The van der Waals surface area contributed by atoms with E-state index in [1.54, 1.807) is 0 Å². The van der Waals surface area contributed by atoms with Crippen LogP contribution >= 0.6 is 0 Å². The highest BCUT2D eigenvalue weighted by molar-refractivity contribution is 7.90. The van der Waals surface area contributed by atoms with Gasteiger partial charge in [0.2, 0.25) is 0 Å². The molecule has 3 atom stereocenters. The molecule has 0 radical (unpaired) electrons. The maximum absolute atomic E-state index is 11.5. The molecule has 2 rings (SSSR count). The van der Waals surface area contributed by atoms with E-state index < -0.39 is 9.84 Å². The van der Waals surface area contributed by atoms with Crippen molar-refractivity contribution in [1.29, 1.82) is 0 Å². The summed E-state index contributed by atoms with van der Waals surface area (Å²) in [4.78, 5) is 0. The second kappa shape index (κ2) is 6.57. The van der Waals surface area contributed by atoms with Crippen LogP contribution in [0.4, 0.5) is 0 Å². The fourth-order valence-electron chi connectivity index (χ4n) is 3.71. The van der Waals surface area contributed by atoms with Gasteiger partial charge in [0.05, 0.1) is 5.75 Å². The molecule has 2 fully saturated rings. The molecule has 0 amide bonds. The molecule has 21 heavy (non-hydrogen) atoms. The Morgan fingerprint density at radius 3 is 2.24 bits per heavy atom. The van der Waals surface area contributed by atoms with E-state index in [9.17, 15) is 8.42 Å². The molecule has 0 aromatic carbocycles. The summed E-state index contributed by atoms with van der Waals surface area (Å²) >= 11 is 0. The van der Waals surface area contributed by atoms with Crippen molar-refractivity contribution in [2.45, 2.75) is 65.3 Å². The molecule has 0 aromatic heterocycles. The van der Waals surface area contributed by atoms with Crippen LogP contribution in [0.2, 0.25) is 0 Å². The standard InChI is InChI=1S/C17H33NO2S/c1-17(2,3)15-6-5-14(12-18-16-7-8-16)13(11-15)9-10-21(4,19)20/h13-16,18H,5-12H2,1-4H3. The predicted octanol–water partition coefficient (Wildman–Crippen LogP) is 3.25. The summed E-state index contributed by atoms with van der Waals surface area (Å²) in [5.41, 5.74) is 0.345. The van der Waals surface area contributed by atoms with Crippen LogP contribution in [-0.2, 0) is 9.84 Å². The van der Waals surface area contributed by atoms with Gasteiger partial charge in [-0.3, -0.25) is 0 Å². The van der Waals surface area contributed by atoms with Crippen LogP contribution in [0, 0.1) is 23.2 Å². The third-order valence-electron chi connectivity index (χ3n) is 5.47. The minimum absolute atomic E-state index is 0.345. The third kappa shape index (κ3) is 5.90. The molecule has 3 nitrogen and oxygen atoms in total. The molecule has 1 N–H and O–H groups in total. The minimum atomic E-state index is -2.84. The van der Waals surface area contributed by atoms with E-state index >= 15 is 0 Å². The fourth-order valence-corrected chi connectivity index (χ4v) is 4.44. The molecule has 2 aliphatic carbocycles. The van der Waals surface area contributed by atoms with Gasteiger partial charge >= 0.3 is 0 Å². The summed E-state index contributed by atoms with van der Waals surface area (Å²) in [6, 6.07) is 0.751. The van der Waals surface area contributed by atoms with E-state index in [-0.39, 0.29) is 0 Å². The average Bonchev–Trinajstić information content (AvgIpc) is 3.16. The van der Waals surface area contributed by atoms with Crippen molar-refractivity contribution in [3.05, 3.63) is 0 Å². The zero-order valence-corrected chi connectivity index (χ0v) is 15.0. The minimum Gasteiger partial charge on any atom is -0.314 e. The Balaban J connectivity index is 1.94. The fraction of sp³-hybridized carbons (Fsp3) is 1.00. The molecule has 0 heterocycles. The van der Waals surface area contributed by atoms with Gasteiger partial charge in [-0.15, -0.1) is 0 Å². The second-order valence-corrected chi connectivity index (χ2v) is 10.8. The number of rotatable bonds is 6. The van der Waals surface area contributed by atoms with Crippen molar-refractivity contribution in [3.63, 3.8) is 0 Å². The van der Waals surface area contributed by atoms with Gasteiger partial charge in [-0.2, -0.15) is 0 Å². The van der Waals surface area contributed by atoms with Crippen molar-refractivity contribution in [3.8, 4) is 0 Å². The summed E-state index contributed by atoms with van der Waals surface area (Å²) in [7, 11) is -2.84. The van der Waals surface area contributed by atoms with Gasteiger partial charge < -0.3 is 5.32 Å². The Hall–Kier alpha value is -0.0900. The molecule has 2 aliphatic rings. The van der Waals surface area contributed by atoms with Crippen molar-refractivity contribution in [2.24, 2.45) is 23.2 Å². The van der Waals surface area contributed by atoms with Crippen LogP contribution in [0.5, 0.6) is 0 Å². The third-order valence-corrected chi connectivity index (χ3v) is 6.45. The molecular weight excluding hydrogens is 282 g/mol. The van der Waals surface area contributed by atoms with Crippen molar-refractivity contribution in [2.75, 3.05) is 18.6 Å². The van der Waals surface area contributed by atoms with E-state index in [4.69, 9.17) is 0 Å². The first-order valence-electron chi connectivity index (χ1n) is 8.56. The van der Waals surface area contributed by atoms with E-state index in [1.165, 1.54) is 38.4 Å². The number of nitrogens with one attached hydrogen (secondary N) is 1. The Morgan fingerprint density at radius 2 is 1.71 bits per heavy atom. The lowest BCUT2D eigenvalue weighted by Gasteiger charge is -2.42. The highest BCUT2D eigenvalue weighted by Crippen LogP contribution is 2.44. The van der Waals surface area contributed by atoms with Crippen molar-refractivity contribution >= 4 is 9.84 Å². The van der Waals surface area contributed by atoms with Gasteiger partial charge in [0.25, 0.3) is 0 Å². The molecular formula is C17H33NO2S. The normalized spacial score (nSPS) is 31.3. The molecule has 4 heteroatoms. The molecule has 0 aromatic rings. The van der Waals surface area contributed by atoms with E-state index in [2.05, 4.69) is 26.1 Å². The van der Waals surface area contributed by atoms with E-state index in [1.807, 2.05) is 0 Å². The Kier molecular flexibility index (Phi) is 5.40. The predicted molar refractivity (Wildman–Crippen MR) is 89.1 cm³/mol. The van der Waals surface area contributed by atoms with Crippen LogP contribution in [0.1, 0.15) is 59.3 Å². The number of hydrogen-bond acceptors (Lipinski definition) is 3. The van der Waals surface area contributed by atoms with Gasteiger partial charge in [0.15, 0.2) is 0 Å². The van der Waals surface area contributed by atoms with Gasteiger partial charge in [0.1, 0.15) is 9.84 Å². The lowest BCUT2D eigenvalue weighted by Crippen LogP contribution is -2.38. The highest BCUT2D eigenvalue weighted by Gasteiger charge is 2.36. The maximum Gasteiger partial charge on any atom is 0.147 e. The largest absolute Gasteiger partial charge is 0.314 e. The van der Waals surface area contributed by atoms with Crippen LogP contribution in [0.3, 0.4) is 0 Å². The first-order valence-corrected chi connectivity index (χ1v) is 10.6. The van der Waals surface area contributed by atoms with Crippen LogP contribution in [0.15, 0.2) is 0 Å². The molecule has 0 bridgehead atoms. The molecule has 3 unspecified atom stereocenters. The molecule has 0 saturated heterocycles. The van der Waals surface area contributed by atoms with E-state index in [0.717, 1.165) is 24.9 Å². The Labute approximate surface area is 131 Å². The van der Waals surface area contributed by atoms with Crippen LogP contribution < -0.4 is 5.32 Å². The lowest BCUT2D eigenvalue weighted by atomic mass is 9.65. The van der Waals surface area contributed by atoms with Crippen LogP contribution in [0.25, 0.3) is 0 Å². The smallest absolute Gasteiger partial charge is 0.147 e. The summed E-state index contributed by atoms with van der Waals surface area (Å²) in [5, 5.41) is 3.66. The van der Waals surface area contributed by atoms with Gasteiger partial charge in [-0.05, 0) is 68.2 Å². The van der Waals surface area contributed by atoms with E-state index in [0.29, 0.717) is 23.0 Å². The topological polar surface area (TPSA) is 46.2 Å². The molecule has 0 aliphatic heterocycles. The number of hydrogen-bond donors (Lipinski definition) is 1.